The Balaban J connectivity index is 1.38. The molecule has 33 heavy (non-hydrogen) atoms. The second kappa shape index (κ2) is 8.65. The van der Waals surface area contributed by atoms with Crippen LogP contribution in [0.25, 0.3) is 32.7 Å². The summed E-state index contributed by atoms with van der Waals surface area (Å²) in [7, 11) is 1.63. The topological polar surface area (TPSA) is 90.1 Å². The van der Waals surface area contributed by atoms with Crippen LogP contribution in [0.3, 0.4) is 0 Å². The van der Waals surface area contributed by atoms with Crippen LogP contribution in [0.4, 0.5) is 10.8 Å². The van der Waals surface area contributed by atoms with Crippen LogP contribution in [-0.2, 0) is 0 Å². The highest BCUT2D eigenvalue weighted by atomic mass is 32.1. The number of benzene rings is 2. The van der Waals surface area contributed by atoms with Gasteiger partial charge in [-0.3, -0.25) is 10.1 Å². The van der Waals surface area contributed by atoms with Crippen molar-refractivity contribution in [1.82, 2.24) is 9.97 Å². The first-order valence-electron chi connectivity index (χ1n) is 10.2. The molecular weight excluding hydrogens is 452 g/mol. The van der Waals surface area contributed by atoms with Crippen molar-refractivity contribution in [2.45, 2.75) is 6.92 Å². The van der Waals surface area contributed by atoms with Gasteiger partial charge >= 0.3 is 0 Å². The smallest absolute Gasteiger partial charge is 0.269 e. The predicted octanol–water partition coefficient (Wildman–Crippen LogP) is 6.24. The molecule has 0 radical (unpaired) electrons. The minimum absolute atomic E-state index is 0.289. The van der Waals surface area contributed by atoms with E-state index in [1.807, 2.05) is 60.8 Å². The lowest BCUT2D eigenvalue weighted by Crippen LogP contribution is -2.11. The van der Waals surface area contributed by atoms with Gasteiger partial charge in [-0.05, 0) is 43.3 Å². The highest BCUT2D eigenvalue weighted by molar-refractivity contribution is 7.21. The number of fused-ring (bicyclic) bond motifs is 1. The van der Waals surface area contributed by atoms with Gasteiger partial charge < -0.3 is 10.5 Å². The van der Waals surface area contributed by atoms with Gasteiger partial charge in [0.05, 0.1) is 24.2 Å². The summed E-state index contributed by atoms with van der Waals surface area (Å²) >= 11 is 2.65. The number of carbonyl (C=O) groups is 1. The molecule has 0 atom stereocenters. The maximum absolute atomic E-state index is 13.0. The number of nitrogens with one attached hydrogen (secondary N) is 1. The number of hydrogen-bond donors (Lipinski definition) is 2. The van der Waals surface area contributed by atoms with E-state index in [0.29, 0.717) is 15.7 Å². The zero-order valence-electron chi connectivity index (χ0n) is 18.0. The third-order valence-electron chi connectivity index (χ3n) is 5.26. The van der Waals surface area contributed by atoms with E-state index in [0.717, 1.165) is 38.5 Å². The number of nitrogen functional groups attached to an aromatic ring is 1. The van der Waals surface area contributed by atoms with Crippen molar-refractivity contribution in [1.29, 1.82) is 0 Å². The lowest BCUT2D eigenvalue weighted by molar-refractivity contribution is 0.103. The molecule has 0 spiro atoms. The van der Waals surface area contributed by atoms with Crippen molar-refractivity contribution in [3.8, 4) is 28.3 Å². The fraction of sp³-hybridized carbons (Fsp3) is 0.0800. The van der Waals surface area contributed by atoms with Crippen molar-refractivity contribution < 1.29 is 9.53 Å². The van der Waals surface area contributed by atoms with Crippen LogP contribution >= 0.6 is 22.7 Å². The second-order valence-corrected chi connectivity index (χ2v) is 9.34. The van der Waals surface area contributed by atoms with Gasteiger partial charge in [0.15, 0.2) is 5.13 Å². The summed E-state index contributed by atoms with van der Waals surface area (Å²) in [5.74, 6) is 0.491. The number of methoxy groups -OCH3 is 1. The number of rotatable bonds is 5. The zero-order chi connectivity index (χ0) is 22.9. The summed E-state index contributed by atoms with van der Waals surface area (Å²) in [6.45, 7) is 2.05. The van der Waals surface area contributed by atoms with E-state index in [2.05, 4.69) is 22.4 Å². The molecule has 2 aromatic carbocycles. The van der Waals surface area contributed by atoms with E-state index in [1.54, 1.807) is 7.11 Å². The Morgan fingerprint density at radius 3 is 2.36 bits per heavy atom. The molecule has 3 N–H and O–H groups in total. The number of nitrogens with zero attached hydrogens (tertiary/aromatic N) is 2. The average molecular weight is 473 g/mol. The van der Waals surface area contributed by atoms with Crippen molar-refractivity contribution in [3.63, 3.8) is 0 Å². The molecule has 1 amide bonds. The number of aromatic nitrogens is 2. The van der Waals surface area contributed by atoms with Crippen molar-refractivity contribution in [3.05, 3.63) is 76.5 Å². The van der Waals surface area contributed by atoms with Gasteiger partial charge in [0.25, 0.3) is 5.91 Å². The molecule has 0 aliphatic rings. The lowest BCUT2D eigenvalue weighted by Gasteiger charge is -2.02. The molecule has 3 aromatic heterocycles. The number of nitrogens with two attached hydrogens (primary N) is 1. The van der Waals surface area contributed by atoms with Crippen LogP contribution in [0.15, 0.2) is 66.0 Å². The van der Waals surface area contributed by atoms with Crippen LogP contribution in [-0.4, -0.2) is 23.0 Å². The van der Waals surface area contributed by atoms with Crippen LogP contribution in [0.1, 0.15) is 15.2 Å². The molecule has 0 unspecified atom stereocenters. The Bertz CT molecular complexity index is 1450. The van der Waals surface area contributed by atoms with Crippen LogP contribution in [0.5, 0.6) is 5.75 Å². The average Bonchev–Trinajstić information content (AvgIpc) is 3.44. The molecule has 3 heterocycles. The van der Waals surface area contributed by atoms with Gasteiger partial charge in [-0.15, -0.1) is 22.7 Å². The molecule has 6 nitrogen and oxygen atoms in total. The SMILES string of the molecule is COc1ccc(-c2csc(NC(=O)c3sc4nc(-c5ccc(C)cc5)ccc4c3N)n2)cc1. The van der Waals surface area contributed by atoms with Crippen LogP contribution in [0, 0.1) is 6.92 Å². The third-order valence-corrected chi connectivity index (χ3v) is 7.13. The molecule has 0 saturated heterocycles. The first kappa shape index (κ1) is 21.1. The number of thiazole rings is 1. The van der Waals surface area contributed by atoms with Gasteiger partial charge in [-0.25, -0.2) is 9.97 Å². The highest BCUT2D eigenvalue weighted by Gasteiger charge is 2.19. The number of anilines is 2. The van der Waals surface area contributed by atoms with E-state index in [9.17, 15) is 4.79 Å². The Kier molecular flexibility index (Phi) is 5.53. The van der Waals surface area contributed by atoms with Gasteiger partial charge in [0.2, 0.25) is 0 Å². The molecular formula is C25H20N4O2S2. The summed E-state index contributed by atoms with van der Waals surface area (Å²) in [4.78, 5) is 23.4. The predicted molar refractivity (Wildman–Crippen MR) is 136 cm³/mol. The van der Waals surface area contributed by atoms with Gasteiger partial charge in [0.1, 0.15) is 15.5 Å². The molecule has 0 fully saturated rings. The van der Waals surface area contributed by atoms with E-state index >= 15 is 0 Å². The quantitative estimate of drug-likeness (QED) is 0.316. The van der Waals surface area contributed by atoms with Crippen molar-refractivity contribution in [2.75, 3.05) is 18.2 Å². The first-order chi connectivity index (χ1) is 16.0. The maximum atomic E-state index is 13.0. The normalized spacial score (nSPS) is 11.0. The Morgan fingerprint density at radius 2 is 1.64 bits per heavy atom. The summed E-state index contributed by atoms with van der Waals surface area (Å²) in [5.41, 5.74) is 11.5. The fourth-order valence-corrected chi connectivity index (χ4v) is 5.13. The number of amides is 1. The molecule has 5 aromatic rings. The van der Waals surface area contributed by atoms with Crippen LogP contribution in [0.2, 0.25) is 0 Å². The number of pyridine rings is 1. The number of thiophene rings is 1. The number of ether oxygens (including phenoxy) is 1. The Morgan fingerprint density at radius 1 is 0.939 bits per heavy atom. The standard InChI is InChI=1S/C25H20N4O2S2/c1-14-3-5-15(6-4-14)19-12-11-18-21(26)22(33-24(18)27-19)23(30)29-25-28-20(13-32-25)16-7-9-17(31-2)10-8-16/h3-13H,26H2,1-2H3,(H,28,29,30). The van der Waals surface area contributed by atoms with E-state index < -0.39 is 0 Å². The first-order valence-corrected chi connectivity index (χ1v) is 11.9. The largest absolute Gasteiger partial charge is 0.497 e. The molecule has 0 bridgehead atoms. The summed E-state index contributed by atoms with van der Waals surface area (Å²) in [6.07, 6.45) is 0. The third kappa shape index (κ3) is 4.18. The number of carbonyl (C=O) groups excluding carboxylic acids is 1. The van der Waals surface area contributed by atoms with Crippen molar-refractivity contribution >= 4 is 49.6 Å². The van der Waals surface area contributed by atoms with Crippen LogP contribution < -0.4 is 15.8 Å². The lowest BCUT2D eigenvalue weighted by atomic mass is 10.1. The molecule has 8 heteroatoms. The molecule has 0 aliphatic carbocycles. The van der Waals surface area contributed by atoms with Gasteiger partial charge in [-0.2, -0.15) is 0 Å². The Hall–Kier alpha value is -3.75. The highest BCUT2D eigenvalue weighted by Crippen LogP contribution is 2.35. The molecule has 0 saturated carbocycles. The summed E-state index contributed by atoms with van der Waals surface area (Å²) < 4.78 is 5.19. The monoisotopic (exact) mass is 472 g/mol. The second-order valence-electron chi connectivity index (χ2n) is 7.48. The summed E-state index contributed by atoms with van der Waals surface area (Å²) in [6, 6.07) is 19.7. The zero-order valence-corrected chi connectivity index (χ0v) is 19.6. The van der Waals surface area contributed by atoms with Gasteiger partial charge in [0, 0.05) is 21.9 Å². The number of hydrogen-bond acceptors (Lipinski definition) is 7. The minimum atomic E-state index is -0.289. The van der Waals surface area contributed by atoms with E-state index in [-0.39, 0.29) is 5.91 Å². The molecule has 164 valence electrons. The maximum Gasteiger partial charge on any atom is 0.269 e. The van der Waals surface area contributed by atoms with Gasteiger partial charge in [-0.1, -0.05) is 29.8 Å². The number of aryl methyl sites for hydroxylation is 1. The minimum Gasteiger partial charge on any atom is -0.497 e. The molecule has 0 aliphatic heterocycles. The fourth-order valence-electron chi connectivity index (χ4n) is 3.43. The molecule has 5 rings (SSSR count). The van der Waals surface area contributed by atoms with E-state index in [1.165, 1.54) is 28.2 Å². The van der Waals surface area contributed by atoms with E-state index in [4.69, 9.17) is 15.5 Å². The summed E-state index contributed by atoms with van der Waals surface area (Å²) in [5, 5.41) is 6.06. The Labute approximate surface area is 198 Å². The van der Waals surface area contributed by atoms with Crippen molar-refractivity contribution in [2.24, 2.45) is 0 Å².